The van der Waals surface area contributed by atoms with E-state index >= 15 is 0 Å². The van der Waals surface area contributed by atoms with Gasteiger partial charge >= 0.3 is 0 Å². The lowest BCUT2D eigenvalue weighted by molar-refractivity contribution is -0.00112. The van der Waals surface area contributed by atoms with Crippen LogP contribution in [0.1, 0.15) is 19.7 Å². The van der Waals surface area contributed by atoms with Crippen LogP contribution in [0.4, 0.5) is 0 Å². The quantitative estimate of drug-likeness (QED) is 0.721. The molecule has 0 saturated heterocycles. The predicted octanol–water partition coefficient (Wildman–Crippen LogP) is 0.118. The van der Waals surface area contributed by atoms with Crippen LogP contribution in [0.25, 0.3) is 0 Å². The summed E-state index contributed by atoms with van der Waals surface area (Å²) in [6, 6.07) is 0. The second kappa shape index (κ2) is 3.85. The molecule has 1 rings (SSSR count). The molecule has 0 aliphatic carbocycles. The topological polar surface area (TPSA) is 66.0 Å². The van der Waals surface area contributed by atoms with Crippen LogP contribution in [-0.2, 0) is 16.9 Å². The molecule has 1 unspecified atom stereocenters. The van der Waals surface area contributed by atoms with Gasteiger partial charge in [-0.05, 0) is 13.8 Å². The van der Waals surface area contributed by atoms with E-state index in [0.717, 1.165) is 12.4 Å². The summed E-state index contributed by atoms with van der Waals surface area (Å²) in [4.78, 5) is 4.15. The average Bonchev–Trinajstić information content (AvgIpc) is 2.65. The van der Waals surface area contributed by atoms with Gasteiger partial charge in [-0.15, -0.1) is 0 Å². The van der Waals surface area contributed by atoms with Gasteiger partial charge in [0.2, 0.25) is 0 Å². The van der Waals surface area contributed by atoms with E-state index < -0.39 is 5.60 Å². The minimum absolute atomic E-state index is 0.391. The van der Waals surface area contributed by atoms with Gasteiger partial charge in [0.25, 0.3) is 0 Å². The van der Waals surface area contributed by atoms with E-state index in [1.165, 1.54) is 6.33 Å². The van der Waals surface area contributed by atoms with Gasteiger partial charge in [-0.1, -0.05) is 0 Å². The summed E-state index contributed by atoms with van der Waals surface area (Å²) in [6.07, 6.45) is 1.52. The number of ether oxygens (including phenoxy) is 1. The Morgan fingerprint density at radius 3 is 2.85 bits per heavy atom. The summed E-state index contributed by atoms with van der Waals surface area (Å²) >= 11 is 0. The van der Waals surface area contributed by atoms with Gasteiger partial charge in [0.05, 0.1) is 0 Å². The number of aromatic nitrogens is 3. The van der Waals surface area contributed by atoms with Gasteiger partial charge in [-0.25, -0.2) is 9.67 Å². The van der Waals surface area contributed by atoms with Crippen molar-refractivity contribution in [2.45, 2.75) is 26.0 Å². The number of hydrogen-bond donors (Lipinski definition) is 1. The van der Waals surface area contributed by atoms with Gasteiger partial charge in [0.1, 0.15) is 11.9 Å². The standard InChI is InChI=1S/C8H16N4O/c1-4-12-7(10-6-11-12)8(2,5-9)13-3/h6H,4-5,9H2,1-3H3. The van der Waals surface area contributed by atoms with Crippen LogP contribution in [0.3, 0.4) is 0 Å². The number of nitrogens with zero attached hydrogens (tertiary/aromatic N) is 3. The maximum Gasteiger partial charge on any atom is 0.160 e. The van der Waals surface area contributed by atoms with E-state index in [-0.39, 0.29) is 0 Å². The molecule has 0 fully saturated rings. The van der Waals surface area contributed by atoms with Crippen molar-refractivity contribution in [3.05, 3.63) is 12.2 Å². The highest BCUT2D eigenvalue weighted by atomic mass is 16.5. The van der Waals surface area contributed by atoms with Crippen molar-refractivity contribution in [1.82, 2.24) is 14.8 Å². The second-order valence-corrected chi connectivity index (χ2v) is 3.04. The molecular formula is C8H16N4O. The first-order valence-electron chi connectivity index (χ1n) is 4.31. The van der Waals surface area contributed by atoms with Crippen LogP contribution in [0.5, 0.6) is 0 Å². The summed E-state index contributed by atoms with van der Waals surface area (Å²) in [5.41, 5.74) is 5.09. The Morgan fingerprint density at radius 1 is 1.69 bits per heavy atom. The minimum atomic E-state index is -0.535. The summed E-state index contributed by atoms with van der Waals surface area (Å²) in [5, 5.41) is 4.07. The van der Waals surface area contributed by atoms with Crippen molar-refractivity contribution in [3.63, 3.8) is 0 Å². The Kier molecular flexibility index (Phi) is 3.00. The Hall–Kier alpha value is -0.940. The highest BCUT2D eigenvalue weighted by Crippen LogP contribution is 2.20. The van der Waals surface area contributed by atoms with Gasteiger partial charge < -0.3 is 10.5 Å². The van der Waals surface area contributed by atoms with Crippen molar-refractivity contribution in [2.75, 3.05) is 13.7 Å². The average molecular weight is 184 g/mol. The number of rotatable bonds is 4. The highest BCUT2D eigenvalue weighted by Gasteiger charge is 2.29. The third-order valence-corrected chi connectivity index (χ3v) is 2.23. The molecule has 0 amide bonds. The van der Waals surface area contributed by atoms with Gasteiger partial charge in [-0.2, -0.15) is 5.10 Å². The monoisotopic (exact) mass is 184 g/mol. The molecule has 0 bridgehead atoms. The Balaban J connectivity index is 3.03. The number of aryl methyl sites for hydroxylation is 1. The van der Waals surface area contributed by atoms with Crippen LogP contribution in [0.15, 0.2) is 6.33 Å². The van der Waals surface area contributed by atoms with Crippen molar-refractivity contribution < 1.29 is 4.74 Å². The first-order chi connectivity index (χ1) is 6.18. The third kappa shape index (κ3) is 1.71. The lowest BCUT2D eigenvalue weighted by atomic mass is 10.1. The van der Waals surface area contributed by atoms with E-state index in [2.05, 4.69) is 10.1 Å². The third-order valence-electron chi connectivity index (χ3n) is 2.23. The van der Waals surface area contributed by atoms with Crippen molar-refractivity contribution in [3.8, 4) is 0 Å². The molecule has 1 aromatic heterocycles. The predicted molar refractivity (Wildman–Crippen MR) is 49.1 cm³/mol. The van der Waals surface area contributed by atoms with Crippen LogP contribution >= 0.6 is 0 Å². The Labute approximate surface area is 77.9 Å². The summed E-state index contributed by atoms with van der Waals surface area (Å²) in [7, 11) is 1.63. The van der Waals surface area contributed by atoms with Gasteiger partial charge in [0.15, 0.2) is 5.82 Å². The largest absolute Gasteiger partial charge is 0.369 e. The maximum absolute atomic E-state index is 5.63. The van der Waals surface area contributed by atoms with Crippen molar-refractivity contribution in [2.24, 2.45) is 5.73 Å². The first-order valence-corrected chi connectivity index (χ1v) is 4.31. The lowest BCUT2D eigenvalue weighted by Crippen LogP contribution is -2.36. The normalized spacial score (nSPS) is 15.7. The molecule has 1 aromatic rings. The lowest BCUT2D eigenvalue weighted by Gasteiger charge is -2.25. The molecule has 2 N–H and O–H groups in total. The molecule has 0 aliphatic rings. The van der Waals surface area contributed by atoms with E-state index in [1.807, 2.05) is 13.8 Å². The van der Waals surface area contributed by atoms with E-state index in [1.54, 1.807) is 11.8 Å². The summed E-state index contributed by atoms with van der Waals surface area (Å²) in [6.45, 7) is 5.07. The van der Waals surface area contributed by atoms with Crippen LogP contribution < -0.4 is 5.73 Å². The van der Waals surface area contributed by atoms with E-state index in [4.69, 9.17) is 10.5 Å². The molecule has 1 heterocycles. The molecule has 1 atom stereocenters. The SMILES string of the molecule is CCn1ncnc1C(C)(CN)OC. The van der Waals surface area contributed by atoms with Crippen LogP contribution in [0, 0.1) is 0 Å². The van der Waals surface area contributed by atoms with Crippen LogP contribution in [0.2, 0.25) is 0 Å². The first kappa shape index (κ1) is 10.1. The summed E-state index contributed by atoms with van der Waals surface area (Å²) < 4.78 is 7.11. The number of hydrogen-bond acceptors (Lipinski definition) is 4. The fourth-order valence-electron chi connectivity index (χ4n) is 1.17. The molecule has 74 valence electrons. The van der Waals surface area contributed by atoms with Gasteiger partial charge in [-0.3, -0.25) is 0 Å². The number of methoxy groups -OCH3 is 1. The molecule has 13 heavy (non-hydrogen) atoms. The molecular weight excluding hydrogens is 168 g/mol. The second-order valence-electron chi connectivity index (χ2n) is 3.04. The molecule has 0 aromatic carbocycles. The van der Waals surface area contributed by atoms with E-state index in [9.17, 15) is 0 Å². The minimum Gasteiger partial charge on any atom is -0.369 e. The Bertz CT molecular complexity index is 267. The smallest absolute Gasteiger partial charge is 0.160 e. The zero-order chi connectivity index (χ0) is 9.90. The van der Waals surface area contributed by atoms with Crippen LogP contribution in [-0.4, -0.2) is 28.4 Å². The number of nitrogens with two attached hydrogens (primary N) is 1. The van der Waals surface area contributed by atoms with Gasteiger partial charge in [0, 0.05) is 20.2 Å². The van der Waals surface area contributed by atoms with E-state index in [0.29, 0.717) is 6.54 Å². The zero-order valence-corrected chi connectivity index (χ0v) is 8.32. The molecule has 5 heteroatoms. The fourth-order valence-corrected chi connectivity index (χ4v) is 1.17. The van der Waals surface area contributed by atoms with Crippen molar-refractivity contribution >= 4 is 0 Å². The zero-order valence-electron chi connectivity index (χ0n) is 8.32. The fraction of sp³-hybridized carbons (Fsp3) is 0.750. The van der Waals surface area contributed by atoms with Crippen molar-refractivity contribution in [1.29, 1.82) is 0 Å². The maximum atomic E-state index is 5.63. The summed E-state index contributed by atoms with van der Waals surface area (Å²) in [5.74, 6) is 0.778. The molecule has 0 saturated carbocycles. The molecule has 0 aliphatic heterocycles. The molecule has 0 radical (unpaired) electrons. The molecule has 5 nitrogen and oxygen atoms in total. The molecule has 0 spiro atoms. The highest BCUT2D eigenvalue weighted by molar-refractivity contribution is 5.00. The Morgan fingerprint density at radius 2 is 2.38 bits per heavy atom.